The van der Waals surface area contributed by atoms with Gasteiger partial charge in [0, 0.05) is 22.4 Å². The zero-order chi connectivity index (χ0) is 17.7. The molecule has 0 bridgehead atoms. The smallest absolute Gasteiger partial charge is 0.219 e. The van der Waals surface area contributed by atoms with Crippen LogP contribution in [0.1, 0.15) is 16.2 Å². The van der Waals surface area contributed by atoms with E-state index in [0.717, 1.165) is 6.54 Å². The van der Waals surface area contributed by atoms with Crippen molar-refractivity contribution in [3.63, 3.8) is 0 Å². The predicted octanol–water partition coefficient (Wildman–Crippen LogP) is 0.307. The molecule has 0 aliphatic rings. The zero-order valence-corrected chi connectivity index (χ0v) is 15.1. The highest BCUT2D eigenvalue weighted by atomic mass is 16.6. The number of likely N-dealkylation sites (N-methyl/N-ethyl adjacent to an activating group) is 1. The van der Waals surface area contributed by atoms with Crippen molar-refractivity contribution in [2.75, 3.05) is 86.2 Å². The molecule has 0 saturated heterocycles. The minimum absolute atomic E-state index is 0. The summed E-state index contributed by atoms with van der Waals surface area (Å²) in [5.41, 5.74) is 0. The number of hydrogen-bond donors (Lipinski definition) is 2. The highest BCUT2D eigenvalue weighted by molar-refractivity contribution is 5.75. The van der Waals surface area contributed by atoms with Crippen LogP contribution in [0.2, 0.25) is 0 Å². The fourth-order valence-electron chi connectivity index (χ4n) is 1.54. The molecule has 148 valence electrons. The minimum Gasteiger partial charge on any atom is -0.378 e. The van der Waals surface area contributed by atoms with E-state index >= 15 is 0 Å². The molecule has 0 rings (SSSR count). The standard InChI is InChI=1S/C16H34N2O6.2H2/c1-3-16(19)18-5-7-21-9-11-23-13-15-24-14-12-22-10-8-20-6-4-17-2;;/h17H,3-15H2,1-2H3,(H,18,19);2*1H. The summed E-state index contributed by atoms with van der Waals surface area (Å²) in [4.78, 5) is 11.0. The van der Waals surface area contributed by atoms with Gasteiger partial charge in [0.1, 0.15) is 0 Å². The Labute approximate surface area is 148 Å². The van der Waals surface area contributed by atoms with Gasteiger partial charge in [0.05, 0.1) is 66.1 Å². The summed E-state index contributed by atoms with van der Waals surface area (Å²) in [7, 11) is 1.89. The molecular formula is C16H38N2O6. The maximum atomic E-state index is 11.0. The first kappa shape index (κ1) is 23.2. The number of hydrogen-bond acceptors (Lipinski definition) is 7. The molecule has 0 aliphatic heterocycles. The van der Waals surface area contributed by atoms with Gasteiger partial charge in [0.2, 0.25) is 5.91 Å². The Morgan fingerprint density at radius 2 is 1.08 bits per heavy atom. The van der Waals surface area contributed by atoms with E-state index in [1.165, 1.54) is 0 Å². The fourth-order valence-corrected chi connectivity index (χ4v) is 1.54. The number of amides is 1. The Morgan fingerprint density at radius 1 is 0.708 bits per heavy atom. The third-order valence-electron chi connectivity index (χ3n) is 2.87. The molecule has 0 radical (unpaired) electrons. The van der Waals surface area contributed by atoms with Gasteiger partial charge in [-0.15, -0.1) is 0 Å². The molecule has 0 spiro atoms. The maximum Gasteiger partial charge on any atom is 0.219 e. The second-order valence-corrected chi connectivity index (χ2v) is 4.87. The Morgan fingerprint density at radius 3 is 1.46 bits per heavy atom. The number of ether oxygens (including phenoxy) is 5. The van der Waals surface area contributed by atoms with Crippen LogP contribution in [0.4, 0.5) is 0 Å². The number of nitrogens with one attached hydrogen (secondary N) is 2. The van der Waals surface area contributed by atoms with E-state index < -0.39 is 0 Å². The van der Waals surface area contributed by atoms with E-state index in [0.29, 0.717) is 79.0 Å². The molecule has 24 heavy (non-hydrogen) atoms. The summed E-state index contributed by atoms with van der Waals surface area (Å²) in [6, 6.07) is 0. The molecule has 8 heteroatoms. The second-order valence-electron chi connectivity index (χ2n) is 4.87. The first-order chi connectivity index (χ1) is 11.8. The lowest BCUT2D eigenvalue weighted by molar-refractivity contribution is -0.121. The lowest BCUT2D eigenvalue weighted by Crippen LogP contribution is -2.26. The molecule has 0 atom stereocenters. The van der Waals surface area contributed by atoms with Gasteiger partial charge in [-0.1, -0.05) is 6.92 Å². The van der Waals surface area contributed by atoms with Crippen LogP contribution in [0.25, 0.3) is 0 Å². The average molecular weight is 354 g/mol. The van der Waals surface area contributed by atoms with Crippen molar-refractivity contribution in [3.8, 4) is 0 Å². The summed E-state index contributed by atoms with van der Waals surface area (Å²) in [5.74, 6) is 0.0392. The highest BCUT2D eigenvalue weighted by Crippen LogP contribution is 1.84. The van der Waals surface area contributed by atoms with Gasteiger partial charge in [-0.3, -0.25) is 4.79 Å². The molecule has 0 unspecified atom stereocenters. The van der Waals surface area contributed by atoms with Crippen molar-refractivity contribution >= 4 is 5.91 Å². The van der Waals surface area contributed by atoms with Gasteiger partial charge in [-0.2, -0.15) is 0 Å². The first-order valence-electron chi connectivity index (χ1n) is 8.61. The third-order valence-corrected chi connectivity index (χ3v) is 2.87. The highest BCUT2D eigenvalue weighted by Gasteiger charge is 1.96. The Kier molecular flexibility index (Phi) is 19.6. The van der Waals surface area contributed by atoms with Gasteiger partial charge in [-0.25, -0.2) is 0 Å². The van der Waals surface area contributed by atoms with Gasteiger partial charge < -0.3 is 34.3 Å². The van der Waals surface area contributed by atoms with Gasteiger partial charge in [0.15, 0.2) is 0 Å². The van der Waals surface area contributed by atoms with Crippen molar-refractivity contribution in [2.24, 2.45) is 0 Å². The molecule has 0 aliphatic carbocycles. The van der Waals surface area contributed by atoms with E-state index in [2.05, 4.69) is 10.6 Å². The predicted molar refractivity (Wildman–Crippen MR) is 95.6 cm³/mol. The van der Waals surface area contributed by atoms with Crippen molar-refractivity contribution < 1.29 is 31.3 Å². The summed E-state index contributed by atoms with van der Waals surface area (Å²) >= 11 is 0. The van der Waals surface area contributed by atoms with Crippen LogP contribution in [0.15, 0.2) is 0 Å². The van der Waals surface area contributed by atoms with Crippen molar-refractivity contribution in [1.82, 2.24) is 10.6 Å². The Bertz CT molecular complexity index is 279. The quantitative estimate of drug-likeness (QED) is 0.323. The number of carbonyl (C=O) groups excluding carboxylic acids is 1. The molecular weight excluding hydrogens is 316 g/mol. The summed E-state index contributed by atoms with van der Waals surface area (Å²) in [5, 5.41) is 5.74. The monoisotopic (exact) mass is 354 g/mol. The Balaban J connectivity index is -0.00000264. The average Bonchev–Trinajstić information content (AvgIpc) is 2.60. The molecule has 0 aromatic rings. The molecule has 0 fully saturated rings. The van der Waals surface area contributed by atoms with E-state index in [1.54, 1.807) is 0 Å². The van der Waals surface area contributed by atoms with E-state index in [-0.39, 0.29) is 8.76 Å². The first-order valence-corrected chi connectivity index (χ1v) is 8.61. The molecule has 0 aromatic heterocycles. The normalized spacial score (nSPS) is 10.9. The molecule has 0 saturated carbocycles. The lowest BCUT2D eigenvalue weighted by atomic mass is 10.4. The van der Waals surface area contributed by atoms with Crippen LogP contribution in [-0.4, -0.2) is 92.1 Å². The maximum absolute atomic E-state index is 11.0. The minimum atomic E-state index is 0. The summed E-state index contributed by atoms with van der Waals surface area (Å²) in [6.07, 6.45) is 0.499. The lowest BCUT2D eigenvalue weighted by Gasteiger charge is -2.08. The summed E-state index contributed by atoms with van der Waals surface area (Å²) < 4.78 is 26.7. The van der Waals surface area contributed by atoms with Crippen molar-refractivity contribution in [3.05, 3.63) is 0 Å². The number of rotatable bonds is 19. The van der Waals surface area contributed by atoms with Crippen molar-refractivity contribution in [1.29, 1.82) is 0 Å². The van der Waals surface area contributed by atoms with Gasteiger partial charge in [-0.05, 0) is 7.05 Å². The van der Waals surface area contributed by atoms with Crippen molar-refractivity contribution in [2.45, 2.75) is 13.3 Å². The van der Waals surface area contributed by atoms with Gasteiger partial charge in [0.25, 0.3) is 0 Å². The largest absolute Gasteiger partial charge is 0.378 e. The zero-order valence-electron chi connectivity index (χ0n) is 15.1. The van der Waals surface area contributed by atoms with Crippen LogP contribution in [0.3, 0.4) is 0 Å². The van der Waals surface area contributed by atoms with Crippen LogP contribution in [-0.2, 0) is 28.5 Å². The fraction of sp³-hybridized carbons (Fsp3) is 0.938. The second kappa shape index (κ2) is 20.3. The Hall–Kier alpha value is -0.770. The van der Waals surface area contributed by atoms with Crippen LogP contribution in [0, 0.1) is 0 Å². The summed E-state index contributed by atoms with van der Waals surface area (Å²) in [6.45, 7) is 8.80. The molecule has 8 nitrogen and oxygen atoms in total. The van der Waals surface area contributed by atoms with Crippen LogP contribution >= 0.6 is 0 Å². The topological polar surface area (TPSA) is 87.3 Å². The van der Waals surface area contributed by atoms with E-state index in [9.17, 15) is 4.79 Å². The van der Waals surface area contributed by atoms with Gasteiger partial charge >= 0.3 is 0 Å². The van der Waals surface area contributed by atoms with Crippen LogP contribution < -0.4 is 10.6 Å². The molecule has 0 aromatic carbocycles. The van der Waals surface area contributed by atoms with Crippen LogP contribution in [0.5, 0.6) is 0 Å². The van der Waals surface area contributed by atoms with E-state index in [1.807, 2.05) is 14.0 Å². The third kappa shape index (κ3) is 19.3. The molecule has 1 amide bonds. The number of carbonyl (C=O) groups is 1. The molecule has 0 heterocycles. The molecule has 2 N–H and O–H groups in total. The SMILES string of the molecule is CCC(=O)NCCOCCOCCOCCOCCOCCNC.[HH].[HH]. The van der Waals surface area contributed by atoms with E-state index in [4.69, 9.17) is 23.7 Å².